The van der Waals surface area contributed by atoms with Crippen LogP contribution in [0.4, 0.5) is 0 Å². The highest BCUT2D eigenvalue weighted by atomic mass is 16.4. The highest BCUT2D eigenvalue weighted by molar-refractivity contribution is 6.02. The van der Waals surface area contributed by atoms with Gasteiger partial charge in [-0.1, -0.05) is 149 Å². The standard InChI is InChI=1S/C90H134N24O24/c1-47(2)37-60(103-73(122)56(91)44-115)77(126)111-68(46-117)84(133)113-72(51(7)119)86(135)109-64(41-54-27-17-11-18-28-54)80(129)106-62(39-52-23-13-9-14-24-52)78(127)100-57(31-21-35-98-89(94)95)74(123)104-61(38-48(3)4)76(125)105-63(40-53-25-15-10-16-26-53)79(128)108-66(43-70(93)121)81(130)101-58(32-22-36-99-90(96)97)75(124)110-67(45-116)83(132)107-65(42-55-29-19-12-20-30-55)82(131)112-71(50(6)118)85(134)102-59(33-34-69(92)120)87(136)114(8)49(5)88(137)138/h9-20,23-30,47-51,56-68,71-72,115-119H,21-22,31-46,91H2,1-8H3,(H2,92,120)(H2,93,121)(H,100,127)(H,101,130)(H,102,134)(H,103,122)(H,104,123)(H,105,125)(H,106,129)(H,107,132)(H,108,128)(H,109,135)(H,110,124)(H,111,126)(H,112,131)(H,113,133)(H,137,138)(H4,94,95,98)(H4,96,97,99)/t49-,50+,51+,56-,57-,58-,59-,60-,61-,62-,63-,64-,65-,66-,67-,68-,71-,72-/m0/s1. The Morgan fingerprint density at radius 1 is 0.333 bits per heavy atom. The first kappa shape index (κ1) is 116. The number of hydrogen-bond acceptors (Lipinski definition) is 26. The molecule has 0 aliphatic heterocycles. The fraction of sp³-hybridized carbons (Fsp3) is 0.511. The van der Waals surface area contributed by atoms with E-state index in [1.54, 1.807) is 149 Å². The first-order chi connectivity index (χ1) is 65.2. The normalized spacial score (nSPS) is 15.0. The third-order valence-corrected chi connectivity index (χ3v) is 21.5. The number of nitrogens with two attached hydrogens (primary N) is 5. The summed E-state index contributed by atoms with van der Waals surface area (Å²) in [5.74, 6) is -21.8. The van der Waals surface area contributed by atoms with Gasteiger partial charge in [0.25, 0.3) is 0 Å². The molecule has 0 unspecified atom stereocenters. The van der Waals surface area contributed by atoms with E-state index in [1.807, 2.05) is 0 Å². The van der Waals surface area contributed by atoms with E-state index in [2.05, 4.69) is 85.1 Å². The number of guanidine groups is 2. The molecule has 758 valence electrons. The van der Waals surface area contributed by atoms with Crippen molar-refractivity contribution in [2.24, 2.45) is 40.5 Å². The number of carbonyl (C=O) groups excluding carboxylic acids is 17. The molecule has 4 rings (SSSR count). The summed E-state index contributed by atoms with van der Waals surface area (Å²) in [6.07, 6.45) is -7.74. The average Bonchev–Trinajstić information content (AvgIpc) is 0.842. The van der Waals surface area contributed by atoms with Gasteiger partial charge < -0.3 is 149 Å². The van der Waals surface area contributed by atoms with E-state index in [0.29, 0.717) is 22.3 Å². The summed E-state index contributed by atoms with van der Waals surface area (Å²) in [6, 6.07) is 4.96. The number of carboxylic acids is 1. The first-order valence-electron chi connectivity index (χ1n) is 44.7. The van der Waals surface area contributed by atoms with Gasteiger partial charge >= 0.3 is 5.97 Å². The van der Waals surface area contributed by atoms with Crippen LogP contribution in [0.3, 0.4) is 0 Å². The van der Waals surface area contributed by atoms with Gasteiger partial charge in [-0.15, -0.1) is 0 Å². The van der Waals surface area contributed by atoms with Crippen molar-refractivity contribution >= 4 is 118 Å². The molecule has 0 spiro atoms. The Kier molecular flexibility index (Phi) is 50.0. The summed E-state index contributed by atoms with van der Waals surface area (Å²) in [7, 11) is 1.12. The van der Waals surface area contributed by atoms with E-state index in [1.165, 1.54) is 6.92 Å². The van der Waals surface area contributed by atoms with E-state index in [4.69, 9.17) is 39.5 Å². The van der Waals surface area contributed by atoms with Gasteiger partial charge in [0.05, 0.1) is 38.4 Å². The number of aliphatic hydroxyl groups is 5. The lowest BCUT2D eigenvalue weighted by Gasteiger charge is -2.30. The molecule has 0 saturated carbocycles. The summed E-state index contributed by atoms with van der Waals surface area (Å²) in [5, 5.41) is 117. The third kappa shape index (κ3) is 41.5. The second-order valence-electron chi connectivity index (χ2n) is 34.0. The molecule has 0 radical (unpaired) electrons. The summed E-state index contributed by atoms with van der Waals surface area (Å²) >= 11 is 0. The molecule has 48 nitrogen and oxygen atoms in total. The number of amides is 17. The Balaban J connectivity index is 1.71. The Morgan fingerprint density at radius 3 is 0.906 bits per heavy atom. The van der Waals surface area contributed by atoms with Crippen molar-refractivity contribution < 1.29 is 117 Å². The molecule has 4 aromatic rings. The number of nitrogens with one attached hydrogen (secondary N) is 18. The Bertz CT molecular complexity index is 4760. The molecular weight excluding hydrogens is 1800 g/mol. The van der Waals surface area contributed by atoms with Gasteiger partial charge in [-0.3, -0.25) is 92.3 Å². The lowest BCUT2D eigenvalue weighted by molar-refractivity contribution is -0.149. The van der Waals surface area contributed by atoms with Crippen LogP contribution < -0.4 is 114 Å². The number of carboxylic acid groups (broad SMARTS) is 1. The number of aliphatic hydroxyl groups excluding tert-OH is 5. The zero-order valence-electron chi connectivity index (χ0n) is 78.2. The highest BCUT2D eigenvalue weighted by Gasteiger charge is 2.41. The number of nitrogens with zero attached hydrogens (tertiary/aromatic N) is 1. The lowest BCUT2D eigenvalue weighted by Crippen LogP contribution is -2.63. The fourth-order valence-corrected chi connectivity index (χ4v) is 13.8. The van der Waals surface area contributed by atoms with Crippen molar-refractivity contribution in [3.8, 4) is 0 Å². The maximum absolute atomic E-state index is 15.2. The van der Waals surface area contributed by atoms with Crippen molar-refractivity contribution in [1.29, 1.82) is 10.8 Å². The molecule has 17 amide bonds. The molecule has 4 aromatic carbocycles. The number of carbonyl (C=O) groups is 18. The molecule has 0 bridgehead atoms. The maximum atomic E-state index is 15.2. The fourth-order valence-electron chi connectivity index (χ4n) is 13.8. The molecule has 0 heterocycles. The Morgan fingerprint density at radius 2 is 0.601 bits per heavy atom. The monoisotopic (exact) mass is 1940 g/mol. The average molecular weight is 1940 g/mol. The van der Waals surface area contributed by atoms with Crippen LogP contribution in [0.25, 0.3) is 0 Å². The zero-order chi connectivity index (χ0) is 103. The van der Waals surface area contributed by atoms with Gasteiger partial charge in [0.1, 0.15) is 96.7 Å². The van der Waals surface area contributed by atoms with Gasteiger partial charge in [-0.05, 0) is 99.8 Å². The van der Waals surface area contributed by atoms with Gasteiger partial charge in [0.2, 0.25) is 100 Å². The number of rotatable bonds is 61. The number of hydrogen-bond donors (Lipinski definition) is 29. The van der Waals surface area contributed by atoms with E-state index in [9.17, 15) is 93.0 Å². The SMILES string of the molecule is CC(C)C[C@H](NC(=O)[C@H](CCCNC(=N)N)NC(=O)[C@H](Cc1ccccc1)NC(=O)[C@H](Cc1ccccc1)NC(=O)[C@@H](NC(=O)[C@H](CO)NC(=O)[C@H](CC(C)C)NC(=O)[C@@H](N)CO)[C@@H](C)O)C(=O)N[C@@H](Cc1ccccc1)C(=O)N[C@@H](CC(N)=O)C(=O)N[C@@H](CCCNC(=N)N)C(=O)N[C@@H](CO)C(=O)N[C@@H](Cc1ccccc1)C(=O)N[C@H](C(=O)N[C@@H](CCC(N)=O)C(=O)N(C)[C@@H](C)C(=O)O)[C@@H](C)O. The molecule has 0 aromatic heterocycles. The van der Waals surface area contributed by atoms with Crippen molar-refractivity contribution in [3.63, 3.8) is 0 Å². The van der Waals surface area contributed by atoms with E-state index < -0.39 is 279 Å². The quantitative estimate of drug-likeness (QED) is 0.0111. The summed E-state index contributed by atoms with van der Waals surface area (Å²) in [6.45, 7) is 6.95. The van der Waals surface area contributed by atoms with Gasteiger partial charge in [0, 0.05) is 52.2 Å². The van der Waals surface area contributed by atoms with Crippen LogP contribution in [0.1, 0.15) is 129 Å². The Hall–Kier alpha value is -14.4. The molecule has 0 fully saturated rings. The Labute approximate surface area is 797 Å². The topological polar surface area (TPSA) is 802 Å². The minimum absolute atomic E-state index is 0.00459. The van der Waals surface area contributed by atoms with Crippen LogP contribution in [0.2, 0.25) is 0 Å². The molecule has 48 heteroatoms. The third-order valence-electron chi connectivity index (χ3n) is 21.5. The van der Waals surface area contributed by atoms with Crippen LogP contribution in [-0.4, -0.2) is 303 Å². The lowest BCUT2D eigenvalue weighted by atomic mass is 9.99. The molecular formula is C90H134N24O24. The molecule has 18 atom stereocenters. The van der Waals surface area contributed by atoms with Crippen molar-refractivity contribution in [1.82, 2.24) is 90.0 Å². The molecule has 0 aliphatic rings. The highest BCUT2D eigenvalue weighted by Crippen LogP contribution is 2.17. The first-order valence-corrected chi connectivity index (χ1v) is 44.7. The summed E-state index contributed by atoms with van der Waals surface area (Å²) in [5.41, 5.74) is 29.5. The number of aliphatic carboxylic acids is 1. The predicted molar refractivity (Wildman–Crippen MR) is 500 cm³/mol. The van der Waals surface area contributed by atoms with Crippen molar-refractivity contribution in [3.05, 3.63) is 144 Å². The number of primary amides is 2. The minimum Gasteiger partial charge on any atom is -0.480 e. The van der Waals surface area contributed by atoms with E-state index in [0.717, 1.165) is 25.8 Å². The predicted octanol–water partition coefficient (Wildman–Crippen LogP) is -8.50. The molecule has 34 N–H and O–H groups in total. The smallest absolute Gasteiger partial charge is 0.326 e. The van der Waals surface area contributed by atoms with Gasteiger partial charge in [-0.25, -0.2) is 4.79 Å². The minimum atomic E-state index is -2.01. The maximum Gasteiger partial charge on any atom is 0.326 e. The van der Waals surface area contributed by atoms with Crippen molar-refractivity contribution in [2.45, 2.75) is 241 Å². The number of benzene rings is 4. The summed E-state index contributed by atoms with van der Waals surface area (Å²) in [4.78, 5) is 253. The van der Waals surface area contributed by atoms with Crippen LogP contribution in [0, 0.1) is 22.7 Å². The van der Waals surface area contributed by atoms with Gasteiger partial charge in [0.15, 0.2) is 11.9 Å². The van der Waals surface area contributed by atoms with Crippen LogP contribution in [-0.2, 0) is 112 Å². The van der Waals surface area contributed by atoms with Crippen molar-refractivity contribution in [2.75, 3.05) is 40.0 Å². The second kappa shape index (κ2) is 59.5. The van der Waals surface area contributed by atoms with E-state index >= 15 is 24.0 Å². The molecule has 0 saturated heterocycles. The number of likely N-dealkylation sites (N-methyl/N-ethyl adjacent to an activating group) is 1. The summed E-state index contributed by atoms with van der Waals surface area (Å²) < 4.78 is 0. The van der Waals surface area contributed by atoms with Crippen LogP contribution >= 0.6 is 0 Å². The van der Waals surface area contributed by atoms with Crippen LogP contribution in [0.5, 0.6) is 0 Å². The largest absolute Gasteiger partial charge is 0.480 e. The second-order valence-corrected chi connectivity index (χ2v) is 34.0. The van der Waals surface area contributed by atoms with Gasteiger partial charge in [-0.2, -0.15) is 0 Å². The van der Waals surface area contributed by atoms with E-state index in [-0.39, 0.29) is 76.8 Å². The van der Waals surface area contributed by atoms with Crippen LogP contribution in [0.15, 0.2) is 121 Å². The molecule has 0 aliphatic carbocycles. The zero-order valence-corrected chi connectivity index (χ0v) is 78.2. The molecule has 138 heavy (non-hydrogen) atoms.